The molecule has 0 amide bonds. The molecule has 0 radical (unpaired) electrons. The number of ether oxygens (including phenoxy) is 1. The zero-order valence-electron chi connectivity index (χ0n) is 11.6. The van der Waals surface area contributed by atoms with Crippen molar-refractivity contribution in [3.63, 3.8) is 0 Å². The third-order valence-corrected chi connectivity index (χ3v) is 3.47. The first-order valence-corrected chi connectivity index (χ1v) is 6.83. The molecule has 0 saturated carbocycles. The van der Waals surface area contributed by atoms with E-state index in [1.54, 1.807) is 0 Å². The van der Waals surface area contributed by atoms with Crippen LogP contribution in [-0.2, 0) is 4.74 Å². The van der Waals surface area contributed by atoms with Crippen LogP contribution < -0.4 is 4.90 Å². The lowest BCUT2D eigenvalue weighted by molar-refractivity contribution is 0.0166. The Balaban J connectivity index is 2.16. The Morgan fingerprint density at radius 3 is 2.35 bits per heavy atom. The van der Waals surface area contributed by atoms with Gasteiger partial charge < -0.3 is 9.64 Å². The van der Waals surface area contributed by atoms with Crippen LogP contribution in [0.5, 0.6) is 0 Å². The van der Waals surface area contributed by atoms with E-state index in [0.717, 1.165) is 11.4 Å². The molecule has 0 aromatic heterocycles. The fourth-order valence-electron chi connectivity index (χ4n) is 2.53. The molecule has 2 aromatic carbocycles. The lowest BCUT2D eigenvalue weighted by Gasteiger charge is -2.39. The van der Waals surface area contributed by atoms with Gasteiger partial charge in [0.2, 0.25) is 0 Å². The van der Waals surface area contributed by atoms with E-state index in [0.29, 0.717) is 5.56 Å². The number of hydrogen-bond donors (Lipinski definition) is 0. The predicted molar refractivity (Wildman–Crippen MR) is 79.1 cm³/mol. The number of carbonyl (C=O) groups is 1. The van der Waals surface area contributed by atoms with Crippen LogP contribution in [0, 0.1) is 5.92 Å². The van der Waals surface area contributed by atoms with Gasteiger partial charge in [0.25, 0.3) is 0 Å². The summed E-state index contributed by atoms with van der Waals surface area (Å²) in [4.78, 5) is 14.2. The minimum absolute atomic E-state index is 0.201. The van der Waals surface area contributed by atoms with Crippen LogP contribution in [0.3, 0.4) is 0 Å². The van der Waals surface area contributed by atoms with Gasteiger partial charge in [-0.05, 0) is 24.3 Å². The maximum Gasteiger partial charge on any atom is 0.342 e. The minimum Gasteiger partial charge on any atom is -0.437 e. The molecule has 0 spiro atoms. The molecule has 0 fully saturated rings. The summed E-state index contributed by atoms with van der Waals surface area (Å²) in [5.74, 6) is -0.0426. The van der Waals surface area contributed by atoms with Crippen molar-refractivity contribution in [3.05, 3.63) is 60.2 Å². The van der Waals surface area contributed by atoms with Crippen molar-refractivity contribution in [2.45, 2.75) is 20.1 Å². The molecule has 3 nitrogen and oxygen atoms in total. The highest BCUT2D eigenvalue weighted by Gasteiger charge is 2.35. The number of para-hydroxylation sites is 2. The number of benzene rings is 2. The Bertz CT molecular complexity index is 622. The summed E-state index contributed by atoms with van der Waals surface area (Å²) in [6.45, 7) is 4.11. The Morgan fingerprint density at radius 1 is 1.00 bits per heavy atom. The first-order valence-electron chi connectivity index (χ1n) is 6.83. The van der Waals surface area contributed by atoms with Gasteiger partial charge in [-0.3, -0.25) is 0 Å². The van der Waals surface area contributed by atoms with Gasteiger partial charge in [0.15, 0.2) is 6.23 Å². The van der Waals surface area contributed by atoms with E-state index < -0.39 is 0 Å². The molecular weight excluding hydrogens is 250 g/mol. The van der Waals surface area contributed by atoms with Gasteiger partial charge in [-0.15, -0.1) is 0 Å². The van der Waals surface area contributed by atoms with Crippen molar-refractivity contribution in [2.75, 3.05) is 4.90 Å². The number of fused-ring (bicyclic) bond motifs is 1. The number of carbonyl (C=O) groups excluding carboxylic acids is 1. The predicted octanol–water partition coefficient (Wildman–Crippen LogP) is 3.98. The molecule has 3 rings (SSSR count). The fraction of sp³-hybridized carbons (Fsp3) is 0.235. The first-order chi connectivity index (χ1) is 9.68. The van der Waals surface area contributed by atoms with Crippen molar-refractivity contribution >= 4 is 17.3 Å². The minimum atomic E-state index is -0.278. The molecule has 3 heteroatoms. The summed E-state index contributed by atoms with van der Waals surface area (Å²) in [6.07, 6.45) is -0.278. The molecule has 1 aliphatic rings. The molecule has 102 valence electrons. The topological polar surface area (TPSA) is 29.5 Å². The molecule has 20 heavy (non-hydrogen) atoms. The summed E-state index contributed by atoms with van der Waals surface area (Å²) < 4.78 is 5.63. The first kappa shape index (κ1) is 12.7. The van der Waals surface area contributed by atoms with Gasteiger partial charge in [-0.2, -0.15) is 0 Å². The van der Waals surface area contributed by atoms with E-state index in [2.05, 4.69) is 18.7 Å². The maximum atomic E-state index is 12.1. The SMILES string of the molecule is CC(C)C1OC(=O)c2ccccc2N1c1ccccc1. The van der Waals surface area contributed by atoms with Crippen molar-refractivity contribution in [3.8, 4) is 0 Å². The average molecular weight is 267 g/mol. The van der Waals surface area contributed by atoms with E-state index >= 15 is 0 Å². The summed E-state index contributed by atoms with van der Waals surface area (Å²) in [7, 11) is 0. The third-order valence-electron chi connectivity index (χ3n) is 3.47. The van der Waals surface area contributed by atoms with E-state index in [-0.39, 0.29) is 18.1 Å². The molecule has 1 aliphatic heterocycles. The van der Waals surface area contributed by atoms with E-state index in [1.807, 2.05) is 54.6 Å². The summed E-state index contributed by atoms with van der Waals surface area (Å²) in [5.41, 5.74) is 2.56. The average Bonchev–Trinajstić information content (AvgIpc) is 2.48. The van der Waals surface area contributed by atoms with Gasteiger partial charge >= 0.3 is 5.97 Å². The smallest absolute Gasteiger partial charge is 0.342 e. The summed E-state index contributed by atoms with van der Waals surface area (Å²) in [6, 6.07) is 17.6. The largest absolute Gasteiger partial charge is 0.437 e. The van der Waals surface area contributed by atoms with Gasteiger partial charge in [-0.1, -0.05) is 44.2 Å². The second kappa shape index (κ2) is 5.00. The van der Waals surface area contributed by atoms with E-state index in [1.165, 1.54) is 0 Å². The Kier molecular flexibility index (Phi) is 3.18. The number of esters is 1. The van der Waals surface area contributed by atoms with Crippen LogP contribution in [0.25, 0.3) is 0 Å². The van der Waals surface area contributed by atoms with Gasteiger partial charge in [-0.25, -0.2) is 4.79 Å². The normalized spacial score (nSPS) is 17.9. The van der Waals surface area contributed by atoms with Crippen molar-refractivity contribution in [1.82, 2.24) is 0 Å². The number of hydrogen-bond acceptors (Lipinski definition) is 3. The van der Waals surface area contributed by atoms with E-state index in [4.69, 9.17) is 4.74 Å². The highest BCUT2D eigenvalue weighted by Crippen LogP contribution is 2.37. The van der Waals surface area contributed by atoms with Crippen molar-refractivity contribution in [2.24, 2.45) is 5.92 Å². The standard InChI is InChI=1S/C17H17NO2/c1-12(2)16-18(13-8-4-3-5-9-13)15-11-7-6-10-14(15)17(19)20-16/h3-12,16H,1-2H3. The lowest BCUT2D eigenvalue weighted by atomic mass is 10.0. The number of cyclic esters (lactones) is 1. The molecule has 0 saturated heterocycles. The van der Waals surface area contributed by atoms with E-state index in [9.17, 15) is 4.79 Å². The molecule has 1 atom stereocenters. The molecule has 0 N–H and O–H groups in total. The molecule has 1 heterocycles. The summed E-state index contributed by atoms with van der Waals surface area (Å²) >= 11 is 0. The number of rotatable bonds is 2. The number of anilines is 2. The quantitative estimate of drug-likeness (QED) is 0.771. The molecule has 0 aliphatic carbocycles. The monoisotopic (exact) mass is 267 g/mol. The van der Waals surface area contributed by atoms with Crippen molar-refractivity contribution < 1.29 is 9.53 Å². The molecular formula is C17H17NO2. The second-order valence-electron chi connectivity index (χ2n) is 5.26. The zero-order valence-corrected chi connectivity index (χ0v) is 11.6. The highest BCUT2D eigenvalue weighted by molar-refractivity contribution is 5.99. The Morgan fingerprint density at radius 2 is 1.65 bits per heavy atom. The van der Waals surface area contributed by atoms with Crippen LogP contribution in [0.15, 0.2) is 54.6 Å². The van der Waals surface area contributed by atoms with Crippen LogP contribution in [0.2, 0.25) is 0 Å². The van der Waals surface area contributed by atoms with Gasteiger partial charge in [0.1, 0.15) is 0 Å². The number of nitrogens with zero attached hydrogens (tertiary/aromatic N) is 1. The van der Waals surface area contributed by atoms with Gasteiger partial charge in [0.05, 0.1) is 11.3 Å². The van der Waals surface area contributed by atoms with Crippen LogP contribution >= 0.6 is 0 Å². The molecule has 2 aromatic rings. The maximum absolute atomic E-state index is 12.1. The highest BCUT2D eigenvalue weighted by atomic mass is 16.6. The van der Waals surface area contributed by atoms with Gasteiger partial charge in [0, 0.05) is 11.6 Å². The second-order valence-corrected chi connectivity index (χ2v) is 5.26. The molecule has 0 bridgehead atoms. The van der Waals surface area contributed by atoms with Crippen LogP contribution in [0.1, 0.15) is 24.2 Å². The lowest BCUT2D eigenvalue weighted by Crippen LogP contribution is -2.43. The summed E-state index contributed by atoms with van der Waals surface area (Å²) in [5, 5.41) is 0. The Labute approximate surface area is 118 Å². The zero-order chi connectivity index (χ0) is 14.1. The third kappa shape index (κ3) is 2.05. The van der Waals surface area contributed by atoms with Crippen LogP contribution in [0.4, 0.5) is 11.4 Å². The fourth-order valence-corrected chi connectivity index (χ4v) is 2.53. The Hall–Kier alpha value is -2.29. The van der Waals surface area contributed by atoms with Crippen LogP contribution in [-0.4, -0.2) is 12.2 Å². The molecule has 1 unspecified atom stereocenters. The van der Waals surface area contributed by atoms with Crippen molar-refractivity contribution in [1.29, 1.82) is 0 Å².